The minimum absolute atomic E-state index is 0.150. The number of nitrogens with zero attached hydrogens (tertiary/aromatic N) is 6. The summed E-state index contributed by atoms with van der Waals surface area (Å²) in [7, 11) is 0. The van der Waals surface area contributed by atoms with Crippen LogP contribution in [-0.2, 0) is 12.7 Å². The van der Waals surface area contributed by atoms with Crippen LogP contribution in [-0.4, -0.2) is 36.3 Å². The van der Waals surface area contributed by atoms with E-state index in [1.54, 1.807) is 29.2 Å². The van der Waals surface area contributed by atoms with Gasteiger partial charge in [0.1, 0.15) is 0 Å². The van der Waals surface area contributed by atoms with E-state index in [1.807, 2.05) is 6.07 Å². The standard InChI is InChI=1S/C24H17F3N8O2/c25-24(26,27)15-3-1-14(2-4-15)11-35-12-30-20-21(31-16-5-6-17-18(9-16)37-13-36-17)33-23(34-22(20)35)32-19-10-28-7-8-29-19/h1-10,12H,11,13H2,(H2,29,31,32,33,34). The van der Waals surface area contributed by atoms with Crippen LogP contribution in [0.4, 0.5) is 36.4 Å². The Morgan fingerprint density at radius 2 is 1.76 bits per heavy atom. The van der Waals surface area contributed by atoms with Gasteiger partial charge in [-0.2, -0.15) is 23.1 Å². The third-order valence-corrected chi connectivity index (χ3v) is 5.54. The molecule has 4 heterocycles. The molecular formula is C24H17F3N8O2. The van der Waals surface area contributed by atoms with Crippen LogP contribution >= 0.6 is 0 Å². The predicted molar refractivity (Wildman–Crippen MR) is 127 cm³/mol. The normalized spacial score (nSPS) is 12.6. The van der Waals surface area contributed by atoms with E-state index in [0.717, 1.165) is 12.1 Å². The first-order valence-corrected chi connectivity index (χ1v) is 11.0. The molecule has 37 heavy (non-hydrogen) atoms. The van der Waals surface area contributed by atoms with Gasteiger partial charge in [0.05, 0.1) is 24.6 Å². The monoisotopic (exact) mass is 506 g/mol. The number of aromatic nitrogens is 6. The number of anilines is 4. The topological polar surface area (TPSA) is 112 Å². The van der Waals surface area contributed by atoms with Gasteiger partial charge < -0.3 is 24.7 Å². The molecule has 0 bridgehead atoms. The van der Waals surface area contributed by atoms with Crippen LogP contribution in [0.3, 0.4) is 0 Å². The van der Waals surface area contributed by atoms with E-state index in [-0.39, 0.29) is 19.3 Å². The van der Waals surface area contributed by atoms with E-state index >= 15 is 0 Å². The molecule has 10 nitrogen and oxygen atoms in total. The van der Waals surface area contributed by atoms with E-state index in [0.29, 0.717) is 45.5 Å². The lowest BCUT2D eigenvalue weighted by Crippen LogP contribution is -2.07. The predicted octanol–water partition coefficient (Wildman–Crippen LogP) is 4.90. The van der Waals surface area contributed by atoms with E-state index in [2.05, 4.69) is 35.6 Å². The Kier molecular flexibility index (Phi) is 5.44. The first-order valence-electron chi connectivity index (χ1n) is 11.0. The highest BCUT2D eigenvalue weighted by Gasteiger charge is 2.30. The molecule has 0 fully saturated rings. The minimum atomic E-state index is -4.40. The summed E-state index contributed by atoms with van der Waals surface area (Å²) in [4.78, 5) is 21.9. The molecule has 2 N–H and O–H groups in total. The lowest BCUT2D eigenvalue weighted by molar-refractivity contribution is -0.137. The van der Waals surface area contributed by atoms with Gasteiger partial charge in [-0.15, -0.1) is 0 Å². The number of alkyl halides is 3. The van der Waals surface area contributed by atoms with Gasteiger partial charge in [-0.1, -0.05) is 12.1 Å². The van der Waals surface area contributed by atoms with Crippen molar-refractivity contribution < 1.29 is 22.6 Å². The maximum atomic E-state index is 13.0. The summed E-state index contributed by atoms with van der Waals surface area (Å²) in [6, 6.07) is 10.3. The number of halogens is 3. The molecule has 0 unspecified atom stereocenters. The van der Waals surface area contributed by atoms with Crippen molar-refractivity contribution in [2.75, 3.05) is 17.4 Å². The Balaban J connectivity index is 1.37. The second-order valence-corrected chi connectivity index (χ2v) is 8.04. The summed E-state index contributed by atoms with van der Waals surface area (Å²) in [5, 5.41) is 6.26. The van der Waals surface area contributed by atoms with Gasteiger partial charge in [0.15, 0.2) is 34.3 Å². The molecule has 0 saturated heterocycles. The first-order chi connectivity index (χ1) is 17.9. The van der Waals surface area contributed by atoms with Gasteiger partial charge >= 0.3 is 6.18 Å². The molecule has 186 valence electrons. The van der Waals surface area contributed by atoms with Crippen molar-refractivity contribution in [2.45, 2.75) is 12.7 Å². The summed E-state index contributed by atoms with van der Waals surface area (Å²) >= 11 is 0. The maximum absolute atomic E-state index is 13.0. The van der Waals surface area contributed by atoms with Crippen molar-refractivity contribution in [3.63, 3.8) is 0 Å². The molecule has 0 spiro atoms. The zero-order valence-electron chi connectivity index (χ0n) is 18.9. The lowest BCUT2D eigenvalue weighted by atomic mass is 10.1. The van der Waals surface area contributed by atoms with Crippen molar-refractivity contribution in [3.8, 4) is 11.5 Å². The van der Waals surface area contributed by atoms with Crippen LogP contribution in [0.5, 0.6) is 11.5 Å². The van der Waals surface area contributed by atoms with Crippen molar-refractivity contribution in [1.82, 2.24) is 29.5 Å². The fraction of sp³-hybridized carbons (Fsp3) is 0.125. The number of hydrogen-bond acceptors (Lipinski definition) is 9. The highest BCUT2D eigenvalue weighted by molar-refractivity contribution is 5.87. The molecule has 0 saturated carbocycles. The molecule has 0 aliphatic carbocycles. The molecule has 5 aromatic rings. The second kappa shape index (κ2) is 8.93. The number of imidazole rings is 1. The molecule has 13 heteroatoms. The molecule has 1 aliphatic heterocycles. The van der Waals surface area contributed by atoms with Crippen LogP contribution in [0.2, 0.25) is 0 Å². The largest absolute Gasteiger partial charge is 0.454 e. The van der Waals surface area contributed by atoms with E-state index in [1.165, 1.54) is 24.5 Å². The second-order valence-electron chi connectivity index (χ2n) is 8.04. The van der Waals surface area contributed by atoms with E-state index in [4.69, 9.17) is 9.47 Å². The quantitative estimate of drug-likeness (QED) is 0.332. The number of hydrogen-bond donors (Lipinski definition) is 2. The van der Waals surface area contributed by atoms with Crippen molar-refractivity contribution >= 4 is 34.4 Å². The number of rotatable bonds is 6. The minimum Gasteiger partial charge on any atom is -0.454 e. The number of ether oxygens (including phenoxy) is 2. The zero-order valence-corrected chi connectivity index (χ0v) is 18.9. The molecule has 0 atom stereocenters. The highest BCUT2D eigenvalue weighted by Crippen LogP contribution is 2.36. The van der Waals surface area contributed by atoms with Gasteiger partial charge in [-0.3, -0.25) is 4.98 Å². The third kappa shape index (κ3) is 4.66. The Morgan fingerprint density at radius 1 is 0.919 bits per heavy atom. The zero-order chi connectivity index (χ0) is 25.4. The average Bonchev–Trinajstić information content (AvgIpc) is 3.51. The molecule has 3 aromatic heterocycles. The van der Waals surface area contributed by atoms with Crippen molar-refractivity contribution in [3.05, 3.63) is 78.5 Å². The number of benzene rings is 2. The van der Waals surface area contributed by atoms with Crippen LogP contribution in [0.15, 0.2) is 67.4 Å². The Labute approximate surface area is 207 Å². The van der Waals surface area contributed by atoms with Crippen molar-refractivity contribution in [1.29, 1.82) is 0 Å². The highest BCUT2D eigenvalue weighted by atomic mass is 19.4. The Bertz CT molecular complexity index is 1570. The van der Waals surface area contributed by atoms with E-state index < -0.39 is 11.7 Å². The summed E-state index contributed by atoms with van der Waals surface area (Å²) in [5.41, 5.74) is 1.56. The molecular weight excluding hydrogens is 489 g/mol. The smallest absolute Gasteiger partial charge is 0.416 e. The van der Waals surface area contributed by atoms with Gasteiger partial charge in [-0.05, 0) is 29.8 Å². The molecule has 2 aromatic carbocycles. The molecule has 1 aliphatic rings. The van der Waals surface area contributed by atoms with Crippen LogP contribution < -0.4 is 20.1 Å². The van der Waals surface area contributed by atoms with Gasteiger partial charge in [-0.25, -0.2) is 9.97 Å². The van der Waals surface area contributed by atoms with Crippen molar-refractivity contribution in [2.24, 2.45) is 0 Å². The molecule has 6 rings (SSSR count). The van der Waals surface area contributed by atoms with Gasteiger partial charge in [0.25, 0.3) is 0 Å². The summed E-state index contributed by atoms with van der Waals surface area (Å²) < 4.78 is 51.4. The van der Waals surface area contributed by atoms with Crippen LogP contribution in [0.1, 0.15) is 11.1 Å². The third-order valence-electron chi connectivity index (χ3n) is 5.54. The summed E-state index contributed by atoms with van der Waals surface area (Å²) in [6.07, 6.45) is 1.76. The van der Waals surface area contributed by atoms with Crippen LogP contribution in [0, 0.1) is 0 Å². The fourth-order valence-electron chi connectivity index (χ4n) is 3.79. The van der Waals surface area contributed by atoms with Crippen LogP contribution in [0.25, 0.3) is 11.2 Å². The molecule has 0 radical (unpaired) electrons. The fourth-order valence-corrected chi connectivity index (χ4v) is 3.79. The average molecular weight is 506 g/mol. The Hall–Kier alpha value is -4.94. The summed E-state index contributed by atoms with van der Waals surface area (Å²) in [6.45, 7) is 0.400. The number of nitrogens with one attached hydrogen (secondary N) is 2. The first kappa shape index (κ1) is 22.5. The maximum Gasteiger partial charge on any atom is 0.416 e. The Morgan fingerprint density at radius 3 is 2.54 bits per heavy atom. The molecule has 0 amide bonds. The van der Waals surface area contributed by atoms with Gasteiger partial charge in [0, 0.05) is 24.1 Å². The SMILES string of the molecule is FC(F)(F)c1ccc(Cn2cnc3c(Nc4ccc5c(c4)OCO5)nc(Nc4cnccn4)nc32)cc1. The lowest BCUT2D eigenvalue weighted by Gasteiger charge is -2.11. The summed E-state index contributed by atoms with van der Waals surface area (Å²) in [5.74, 6) is 2.31. The van der Waals surface area contributed by atoms with Gasteiger partial charge in [0.2, 0.25) is 12.7 Å². The number of fused-ring (bicyclic) bond motifs is 2. The van der Waals surface area contributed by atoms with E-state index in [9.17, 15) is 13.2 Å².